The molecule has 3 rings (SSSR count). The summed E-state index contributed by atoms with van der Waals surface area (Å²) >= 11 is 1.37. The first-order valence-electron chi connectivity index (χ1n) is 8.94. The minimum Gasteiger partial charge on any atom is -0.326 e. The zero-order chi connectivity index (χ0) is 20.3. The van der Waals surface area contributed by atoms with Crippen molar-refractivity contribution in [1.82, 2.24) is 0 Å². The van der Waals surface area contributed by atoms with Gasteiger partial charge in [0.25, 0.3) is 0 Å². The summed E-state index contributed by atoms with van der Waals surface area (Å²) in [6, 6.07) is 12.2. The van der Waals surface area contributed by atoms with Crippen molar-refractivity contribution in [2.24, 2.45) is 0 Å². The molecule has 0 atom stereocenters. The van der Waals surface area contributed by atoms with Crippen LogP contribution in [-0.4, -0.2) is 31.7 Å². The lowest BCUT2D eigenvalue weighted by Crippen LogP contribution is -2.20. The Bertz CT molecular complexity index is 999. The summed E-state index contributed by atoms with van der Waals surface area (Å²) in [7, 11) is -3.64. The van der Waals surface area contributed by atoms with E-state index in [0.29, 0.717) is 23.0 Å². The van der Waals surface area contributed by atoms with E-state index >= 15 is 0 Å². The van der Waals surface area contributed by atoms with E-state index in [1.54, 1.807) is 6.07 Å². The van der Waals surface area contributed by atoms with Crippen molar-refractivity contribution in [2.45, 2.75) is 36.0 Å². The Morgan fingerprint density at radius 3 is 2.57 bits per heavy atom. The molecule has 0 bridgehead atoms. The first-order chi connectivity index (χ1) is 13.2. The molecule has 8 heteroatoms. The first-order valence-corrected chi connectivity index (χ1v) is 11.6. The molecule has 28 heavy (non-hydrogen) atoms. The van der Waals surface area contributed by atoms with Crippen molar-refractivity contribution in [2.75, 3.05) is 22.1 Å². The quantitative estimate of drug-likeness (QED) is 0.747. The maximum Gasteiger partial charge on any atom is 0.234 e. The summed E-state index contributed by atoms with van der Waals surface area (Å²) in [6.45, 7) is 4.17. The van der Waals surface area contributed by atoms with Crippen LogP contribution in [0.15, 0.2) is 52.3 Å². The molecule has 2 aromatic carbocycles. The molecule has 0 radical (unpaired) electrons. The minimum absolute atomic E-state index is 0.100. The third-order valence-corrected chi connectivity index (χ3v) is 7.19. The summed E-state index contributed by atoms with van der Waals surface area (Å²) in [5.41, 5.74) is 2.30. The minimum atomic E-state index is -3.64. The van der Waals surface area contributed by atoms with Crippen LogP contribution < -0.4 is 10.6 Å². The van der Waals surface area contributed by atoms with E-state index in [-0.39, 0.29) is 28.9 Å². The Morgan fingerprint density at radius 1 is 1.18 bits per heavy atom. The van der Waals surface area contributed by atoms with Crippen LogP contribution in [0, 0.1) is 0 Å². The van der Waals surface area contributed by atoms with Crippen molar-refractivity contribution in [3.05, 3.63) is 48.0 Å². The molecule has 0 saturated heterocycles. The number of hydrogen-bond acceptors (Lipinski definition) is 5. The molecular formula is C20H22N2O4S2. The van der Waals surface area contributed by atoms with E-state index in [4.69, 9.17) is 0 Å². The molecule has 0 spiro atoms. The number of amides is 2. The molecule has 0 saturated carbocycles. The zero-order valence-corrected chi connectivity index (χ0v) is 17.3. The van der Waals surface area contributed by atoms with Crippen LogP contribution >= 0.6 is 11.8 Å². The topological polar surface area (TPSA) is 92.3 Å². The second-order valence-electron chi connectivity index (χ2n) is 6.89. The van der Waals surface area contributed by atoms with Crippen molar-refractivity contribution >= 4 is 44.8 Å². The maximum absolute atomic E-state index is 12.6. The van der Waals surface area contributed by atoms with Crippen LogP contribution in [0.25, 0.3) is 0 Å². The van der Waals surface area contributed by atoms with Gasteiger partial charge in [-0.3, -0.25) is 9.59 Å². The molecule has 1 aliphatic heterocycles. The van der Waals surface area contributed by atoms with Gasteiger partial charge >= 0.3 is 0 Å². The van der Waals surface area contributed by atoms with Crippen LogP contribution in [0.1, 0.15) is 31.7 Å². The van der Waals surface area contributed by atoms with Gasteiger partial charge in [0.1, 0.15) is 0 Å². The Hall–Kier alpha value is -2.32. The normalized spacial score (nSPS) is 13.8. The molecule has 0 unspecified atom stereocenters. The van der Waals surface area contributed by atoms with Gasteiger partial charge in [0, 0.05) is 17.0 Å². The first kappa shape index (κ1) is 20.4. The van der Waals surface area contributed by atoms with Gasteiger partial charge in [-0.15, -0.1) is 11.8 Å². The van der Waals surface area contributed by atoms with Gasteiger partial charge in [-0.25, -0.2) is 8.42 Å². The highest BCUT2D eigenvalue weighted by atomic mass is 32.2. The average Bonchev–Trinajstić information content (AvgIpc) is 2.66. The van der Waals surface area contributed by atoms with Crippen molar-refractivity contribution in [3.63, 3.8) is 0 Å². The van der Waals surface area contributed by atoms with Crippen LogP contribution in [0.3, 0.4) is 0 Å². The van der Waals surface area contributed by atoms with Crippen molar-refractivity contribution in [1.29, 1.82) is 0 Å². The van der Waals surface area contributed by atoms with E-state index < -0.39 is 9.84 Å². The number of sulfone groups is 1. The summed E-state index contributed by atoms with van der Waals surface area (Å²) in [5, 5.41) is 5.40. The van der Waals surface area contributed by atoms with E-state index in [1.165, 1.54) is 29.5 Å². The highest BCUT2D eigenvalue weighted by Gasteiger charge is 2.21. The molecular weight excluding hydrogens is 396 g/mol. The maximum atomic E-state index is 12.6. The standard InChI is InChI=1S/C20H22N2O4S2/c1-13(2)14-3-5-15(6-4-14)21-19(23)9-10-28(25,26)16-7-8-18-17(11-16)22-20(24)12-27-18/h3-8,11,13H,9-10,12H2,1-2H3,(H,21,23)(H,22,24). The number of hydrogen-bond donors (Lipinski definition) is 2. The predicted octanol–water partition coefficient (Wildman–Crippen LogP) is 3.66. The molecule has 0 aromatic heterocycles. The average molecular weight is 419 g/mol. The third-order valence-electron chi connectivity index (χ3n) is 4.40. The highest BCUT2D eigenvalue weighted by molar-refractivity contribution is 8.00. The summed E-state index contributed by atoms with van der Waals surface area (Å²) in [4.78, 5) is 24.6. The Labute approximate surface area is 169 Å². The number of anilines is 2. The van der Waals surface area contributed by atoms with E-state index in [1.807, 2.05) is 24.3 Å². The Balaban J connectivity index is 1.62. The third kappa shape index (κ3) is 4.94. The van der Waals surface area contributed by atoms with Gasteiger partial charge < -0.3 is 10.6 Å². The lowest BCUT2D eigenvalue weighted by atomic mass is 10.0. The second kappa shape index (κ2) is 8.36. The molecule has 6 nitrogen and oxygen atoms in total. The Morgan fingerprint density at radius 2 is 1.89 bits per heavy atom. The monoisotopic (exact) mass is 418 g/mol. The van der Waals surface area contributed by atoms with Crippen LogP contribution in [-0.2, 0) is 19.4 Å². The van der Waals surface area contributed by atoms with Gasteiger partial charge in [-0.05, 0) is 41.8 Å². The molecule has 0 aliphatic carbocycles. The van der Waals surface area contributed by atoms with Crippen LogP contribution in [0.5, 0.6) is 0 Å². The largest absolute Gasteiger partial charge is 0.326 e. The number of thioether (sulfide) groups is 1. The van der Waals surface area contributed by atoms with Crippen LogP contribution in [0.4, 0.5) is 11.4 Å². The fourth-order valence-corrected chi connectivity index (χ4v) is 4.83. The summed E-state index contributed by atoms with van der Waals surface area (Å²) < 4.78 is 25.2. The fourth-order valence-electron chi connectivity index (χ4n) is 2.78. The van der Waals surface area contributed by atoms with E-state index in [9.17, 15) is 18.0 Å². The molecule has 0 fully saturated rings. The molecule has 148 valence electrons. The zero-order valence-electron chi connectivity index (χ0n) is 15.7. The number of benzene rings is 2. The molecule has 2 aromatic rings. The molecule has 2 amide bonds. The predicted molar refractivity (Wildman–Crippen MR) is 112 cm³/mol. The second-order valence-corrected chi connectivity index (χ2v) is 10.0. The SMILES string of the molecule is CC(C)c1ccc(NC(=O)CCS(=O)(=O)c2ccc3c(c2)NC(=O)CS3)cc1. The number of carbonyl (C=O) groups excluding carboxylic acids is 2. The fraction of sp³-hybridized carbons (Fsp3) is 0.300. The number of rotatable bonds is 6. The number of fused-ring (bicyclic) bond motifs is 1. The van der Waals surface area contributed by atoms with Gasteiger partial charge in [-0.2, -0.15) is 0 Å². The van der Waals surface area contributed by atoms with Crippen molar-refractivity contribution < 1.29 is 18.0 Å². The molecule has 1 aliphatic rings. The van der Waals surface area contributed by atoms with Crippen LogP contribution in [0.2, 0.25) is 0 Å². The highest BCUT2D eigenvalue weighted by Crippen LogP contribution is 2.33. The van der Waals surface area contributed by atoms with E-state index in [2.05, 4.69) is 24.5 Å². The summed E-state index contributed by atoms with van der Waals surface area (Å²) in [5.74, 6) is -0.104. The van der Waals surface area contributed by atoms with Gasteiger partial charge in [0.05, 0.1) is 22.1 Å². The lowest BCUT2D eigenvalue weighted by molar-refractivity contribution is -0.116. The lowest BCUT2D eigenvalue weighted by Gasteiger charge is -2.17. The summed E-state index contributed by atoms with van der Waals surface area (Å²) in [6.07, 6.45) is -0.146. The molecule has 1 heterocycles. The number of nitrogens with one attached hydrogen (secondary N) is 2. The van der Waals surface area contributed by atoms with Gasteiger partial charge in [-0.1, -0.05) is 26.0 Å². The van der Waals surface area contributed by atoms with Gasteiger partial charge in [0.15, 0.2) is 9.84 Å². The van der Waals surface area contributed by atoms with E-state index in [0.717, 1.165) is 4.90 Å². The number of carbonyl (C=O) groups is 2. The smallest absolute Gasteiger partial charge is 0.234 e. The van der Waals surface area contributed by atoms with Gasteiger partial charge in [0.2, 0.25) is 11.8 Å². The Kier molecular flexibility index (Phi) is 6.10. The van der Waals surface area contributed by atoms with Crippen molar-refractivity contribution in [3.8, 4) is 0 Å². The molecule has 2 N–H and O–H groups in total.